The topological polar surface area (TPSA) is 200 Å². The van der Waals surface area contributed by atoms with Gasteiger partial charge in [-0.3, -0.25) is 28.8 Å². The van der Waals surface area contributed by atoms with E-state index in [9.17, 15) is 38.7 Å². The van der Waals surface area contributed by atoms with E-state index in [1.807, 2.05) is 102 Å². The molecule has 1 aliphatic carbocycles. The van der Waals surface area contributed by atoms with Crippen LogP contribution in [0.15, 0.2) is 127 Å². The molecule has 0 spiro atoms. The minimum Gasteiger partial charge on any atom is -0.480 e. The van der Waals surface area contributed by atoms with Crippen molar-refractivity contribution in [3.8, 4) is 11.1 Å². The predicted molar refractivity (Wildman–Crippen MR) is 238 cm³/mol. The molecule has 1 fully saturated rings. The van der Waals surface area contributed by atoms with E-state index < -0.39 is 70.9 Å². The number of anilines is 1. The quantitative estimate of drug-likeness (QED) is 0.103. The molecule has 3 aliphatic rings. The Kier molecular flexibility index (Phi) is 14.2. The van der Waals surface area contributed by atoms with Crippen LogP contribution in [0.5, 0.6) is 0 Å². The van der Waals surface area contributed by atoms with Crippen LogP contribution in [0.1, 0.15) is 53.7 Å². The maximum atomic E-state index is 14.7. The molecule has 1 saturated carbocycles. The van der Waals surface area contributed by atoms with Gasteiger partial charge in [0.15, 0.2) is 5.78 Å². The average Bonchev–Trinajstić information content (AvgIpc) is 3.89. The summed E-state index contributed by atoms with van der Waals surface area (Å²) in [4.78, 5) is 96.7. The Hall–Kier alpha value is -6.93. The molecule has 2 bridgehead atoms. The molecule has 3 heterocycles. The van der Waals surface area contributed by atoms with Crippen molar-refractivity contribution in [3.05, 3.63) is 148 Å². The van der Waals surface area contributed by atoms with Gasteiger partial charge >= 0.3 is 5.97 Å². The Morgan fingerprint density at radius 2 is 1.21 bits per heavy atom. The van der Waals surface area contributed by atoms with Gasteiger partial charge in [-0.1, -0.05) is 103 Å². The number of carboxylic acids is 1. The van der Waals surface area contributed by atoms with E-state index in [0.29, 0.717) is 16.8 Å². The molecule has 0 unspecified atom stereocenters. The number of carbonyl (C=O) groups excluding carboxylic acids is 6. The lowest BCUT2D eigenvalue weighted by molar-refractivity contribution is -0.144. The van der Waals surface area contributed by atoms with E-state index >= 15 is 0 Å². The molecule has 5 amide bonds. The SMILES string of the molecule is O=C1CCC(=O)N[C@H](Cc2cccs2)C(=O)N[C@@H](Cc2ccc(-c3ccccc3)cc2)C(=O)N[C@H](Cc2ccccc2)C(=O)C[C@H](C(=O)NC2(C(=O)O)CC2)Cc2ccc(cc2)N1. The molecule has 13 nitrogen and oxygen atoms in total. The number of amides is 5. The number of aliphatic carboxylic acids is 1. The van der Waals surface area contributed by atoms with Crippen molar-refractivity contribution in [1.29, 1.82) is 0 Å². The largest absolute Gasteiger partial charge is 0.480 e. The van der Waals surface area contributed by atoms with Crippen molar-refractivity contribution in [1.82, 2.24) is 21.3 Å². The van der Waals surface area contributed by atoms with Crippen molar-refractivity contribution in [2.75, 3.05) is 5.32 Å². The average molecular weight is 868 g/mol. The second-order valence-electron chi connectivity index (χ2n) is 16.2. The first kappa shape index (κ1) is 44.1. The molecular formula is C49H49N5O8S. The van der Waals surface area contributed by atoms with Crippen molar-refractivity contribution in [2.45, 2.75) is 81.5 Å². The van der Waals surface area contributed by atoms with Gasteiger partial charge < -0.3 is 31.7 Å². The van der Waals surface area contributed by atoms with E-state index in [0.717, 1.165) is 21.6 Å². The normalized spacial score (nSPS) is 20.9. The van der Waals surface area contributed by atoms with Crippen molar-refractivity contribution >= 4 is 58.3 Å². The lowest BCUT2D eigenvalue weighted by Crippen LogP contribution is -2.57. The molecule has 324 valence electrons. The lowest BCUT2D eigenvalue weighted by Gasteiger charge is -2.26. The summed E-state index contributed by atoms with van der Waals surface area (Å²) in [6, 6.07) is 33.3. The minimum absolute atomic E-state index is 0.0247. The van der Waals surface area contributed by atoms with Crippen LogP contribution in [0, 0.1) is 5.92 Å². The van der Waals surface area contributed by atoms with Gasteiger partial charge in [0.2, 0.25) is 29.5 Å². The van der Waals surface area contributed by atoms with E-state index in [-0.39, 0.29) is 57.8 Å². The van der Waals surface area contributed by atoms with Crippen molar-refractivity contribution < 1.29 is 38.7 Å². The summed E-state index contributed by atoms with van der Waals surface area (Å²) in [5.41, 5.74) is 3.08. The second kappa shape index (κ2) is 20.3. The van der Waals surface area contributed by atoms with Gasteiger partial charge in [0.1, 0.15) is 17.6 Å². The Bertz CT molecular complexity index is 2420. The van der Waals surface area contributed by atoms with Gasteiger partial charge in [0.25, 0.3) is 0 Å². The number of Topliss-reactive ketones (excluding diaryl/α,β-unsaturated/α-hetero) is 1. The molecule has 6 N–H and O–H groups in total. The zero-order chi connectivity index (χ0) is 44.3. The van der Waals surface area contributed by atoms with E-state index in [1.165, 1.54) is 11.3 Å². The number of hydrogen-bond acceptors (Lipinski definition) is 8. The maximum absolute atomic E-state index is 14.7. The summed E-state index contributed by atoms with van der Waals surface area (Å²) in [6.07, 6.45) is 0.0441. The van der Waals surface area contributed by atoms with Crippen LogP contribution in [0.2, 0.25) is 0 Å². The molecule has 8 rings (SSSR count). The highest BCUT2D eigenvalue weighted by atomic mass is 32.1. The third-order valence-corrected chi connectivity index (χ3v) is 12.3. The minimum atomic E-state index is -1.41. The third-order valence-electron chi connectivity index (χ3n) is 11.4. The van der Waals surface area contributed by atoms with E-state index in [4.69, 9.17) is 0 Å². The number of nitrogens with one attached hydrogen (secondary N) is 5. The molecule has 5 aromatic rings. The highest BCUT2D eigenvalue weighted by Gasteiger charge is 2.52. The van der Waals surface area contributed by atoms with Gasteiger partial charge in [0, 0.05) is 48.6 Å². The Morgan fingerprint density at radius 3 is 1.84 bits per heavy atom. The standard InChI is InChI=1S/C49H49N5O8S/c55-42-29-36(45(58)54-49(23-24-49)48(61)62)26-32-15-19-37(20-16-32)50-43(56)21-22-44(57)51-41(30-38-12-7-25-63-38)47(60)53-40(46(59)52-39(42)27-31-8-3-1-4-9-31)28-33-13-17-35(18-14-33)34-10-5-2-6-11-34/h1-20,25,36,39-41H,21-24,26-30H2,(H,50,56)(H,51,57)(H,52,59)(H,53,60)(H,54,58)(H,61,62)/t36-,39-,40+,41-/m1/s1. The predicted octanol–water partition coefficient (Wildman–Crippen LogP) is 5.18. The van der Waals surface area contributed by atoms with Gasteiger partial charge in [-0.25, -0.2) is 4.79 Å². The lowest BCUT2D eigenvalue weighted by atomic mass is 9.89. The molecule has 14 heteroatoms. The summed E-state index contributed by atoms with van der Waals surface area (Å²) in [5.74, 6) is -5.52. The zero-order valence-electron chi connectivity index (χ0n) is 34.5. The van der Waals surface area contributed by atoms with E-state index in [2.05, 4.69) is 26.6 Å². The summed E-state index contributed by atoms with van der Waals surface area (Å²) in [5, 5.41) is 25.8. The number of benzene rings is 4. The number of hydrogen-bond donors (Lipinski definition) is 6. The fourth-order valence-electron chi connectivity index (χ4n) is 7.61. The van der Waals surface area contributed by atoms with Crippen molar-refractivity contribution in [2.24, 2.45) is 5.92 Å². The van der Waals surface area contributed by atoms with Crippen LogP contribution in [0.4, 0.5) is 5.69 Å². The first-order valence-corrected chi connectivity index (χ1v) is 21.9. The van der Waals surface area contributed by atoms with Gasteiger partial charge in [-0.05, 0) is 77.1 Å². The van der Waals surface area contributed by atoms with Gasteiger partial charge in [-0.2, -0.15) is 0 Å². The van der Waals surface area contributed by atoms with Crippen LogP contribution in [-0.4, -0.2) is 70.1 Å². The number of rotatable bonds is 10. The molecule has 2 aliphatic heterocycles. The Labute approximate surface area is 369 Å². The molecular weight excluding hydrogens is 819 g/mol. The smallest absolute Gasteiger partial charge is 0.329 e. The molecule has 4 aromatic carbocycles. The number of carboxylic acid groups (broad SMARTS) is 1. The monoisotopic (exact) mass is 867 g/mol. The van der Waals surface area contributed by atoms with Crippen LogP contribution in [0.3, 0.4) is 0 Å². The Morgan fingerprint density at radius 1 is 0.619 bits per heavy atom. The summed E-state index contributed by atoms with van der Waals surface area (Å²) < 4.78 is 0. The third kappa shape index (κ3) is 12.1. The summed E-state index contributed by atoms with van der Waals surface area (Å²) in [6.45, 7) is 0. The first-order valence-electron chi connectivity index (χ1n) is 21.0. The molecule has 0 radical (unpaired) electrons. The van der Waals surface area contributed by atoms with E-state index in [1.54, 1.807) is 24.3 Å². The molecule has 0 saturated heterocycles. The zero-order valence-corrected chi connectivity index (χ0v) is 35.3. The highest BCUT2D eigenvalue weighted by molar-refractivity contribution is 7.09. The Balaban J connectivity index is 1.23. The number of ketones is 1. The van der Waals surface area contributed by atoms with Crippen LogP contribution in [-0.2, 0) is 59.2 Å². The van der Waals surface area contributed by atoms with Crippen LogP contribution < -0.4 is 26.6 Å². The first-order chi connectivity index (χ1) is 30.4. The van der Waals surface area contributed by atoms with Crippen LogP contribution >= 0.6 is 11.3 Å². The van der Waals surface area contributed by atoms with Gasteiger partial charge in [-0.15, -0.1) is 11.3 Å². The van der Waals surface area contributed by atoms with Crippen molar-refractivity contribution in [3.63, 3.8) is 0 Å². The fourth-order valence-corrected chi connectivity index (χ4v) is 8.36. The molecule has 1 aromatic heterocycles. The summed E-state index contributed by atoms with van der Waals surface area (Å²) >= 11 is 1.40. The molecule has 4 atom stereocenters. The second-order valence-corrected chi connectivity index (χ2v) is 17.2. The maximum Gasteiger partial charge on any atom is 0.329 e. The molecule has 63 heavy (non-hydrogen) atoms. The highest BCUT2D eigenvalue weighted by Crippen LogP contribution is 2.36. The van der Waals surface area contributed by atoms with Crippen LogP contribution in [0.25, 0.3) is 11.1 Å². The number of thiophene rings is 1. The fraction of sp³-hybridized carbons (Fsp3) is 0.286. The number of fused-ring (bicyclic) bond motifs is 18. The summed E-state index contributed by atoms with van der Waals surface area (Å²) in [7, 11) is 0. The van der Waals surface area contributed by atoms with Gasteiger partial charge in [0.05, 0.1) is 6.04 Å². The number of carbonyl (C=O) groups is 7.